The summed E-state index contributed by atoms with van der Waals surface area (Å²) in [6, 6.07) is 3.56. The van der Waals surface area contributed by atoms with Crippen LogP contribution in [0.15, 0.2) is 29.3 Å². The minimum Gasteiger partial charge on any atom is -0.257 e. The summed E-state index contributed by atoms with van der Waals surface area (Å²) in [6.45, 7) is 3.98. The molecule has 0 amide bonds. The highest BCUT2D eigenvalue weighted by atomic mass is 127. The first kappa shape index (κ1) is 14.0. The number of hydrogen-bond acceptors (Lipinski definition) is 1. The Hall–Kier alpha value is -0.0600. The fourth-order valence-corrected chi connectivity index (χ4v) is 2.08. The van der Waals surface area contributed by atoms with Gasteiger partial charge in [-0.1, -0.05) is 35.4 Å². The third kappa shape index (κ3) is 4.07. The van der Waals surface area contributed by atoms with Crippen LogP contribution in [0, 0.1) is 3.57 Å². The molecule has 0 bridgehead atoms. The van der Waals surface area contributed by atoms with Crippen molar-refractivity contribution in [1.29, 1.82) is 0 Å². The zero-order chi connectivity index (χ0) is 12.1. The molecule has 0 heterocycles. The standard InChI is InChI=1S/C12H12Cl2IN/c1-3-4-5-8(2)16-11-7-9(13)6-10(14)12(11)15/h3-4,6-7H,5H2,1-2H3/b4-3+,16-8?. The minimum atomic E-state index is 0.614. The lowest BCUT2D eigenvalue weighted by Gasteiger charge is -2.03. The van der Waals surface area contributed by atoms with E-state index in [2.05, 4.69) is 33.7 Å². The smallest absolute Gasteiger partial charge is 0.0792 e. The molecule has 4 heteroatoms. The lowest BCUT2D eigenvalue weighted by atomic mass is 10.2. The molecule has 0 fully saturated rings. The van der Waals surface area contributed by atoms with E-state index in [1.165, 1.54) is 0 Å². The number of hydrogen-bond donors (Lipinski definition) is 0. The van der Waals surface area contributed by atoms with Crippen molar-refractivity contribution in [3.63, 3.8) is 0 Å². The van der Waals surface area contributed by atoms with Gasteiger partial charge < -0.3 is 0 Å². The molecule has 1 rings (SSSR count). The topological polar surface area (TPSA) is 12.4 Å². The normalized spacial score (nSPS) is 12.4. The van der Waals surface area contributed by atoms with Gasteiger partial charge in [-0.05, 0) is 48.6 Å². The van der Waals surface area contributed by atoms with E-state index in [1.54, 1.807) is 6.07 Å². The van der Waals surface area contributed by atoms with Crippen molar-refractivity contribution in [1.82, 2.24) is 0 Å². The van der Waals surface area contributed by atoms with Crippen molar-refractivity contribution < 1.29 is 0 Å². The van der Waals surface area contributed by atoms with Gasteiger partial charge in [-0.2, -0.15) is 0 Å². The van der Waals surface area contributed by atoms with Crippen molar-refractivity contribution in [2.24, 2.45) is 4.99 Å². The monoisotopic (exact) mass is 367 g/mol. The summed E-state index contributed by atoms with van der Waals surface area (Å²) in [7, 11) is 0. The molecule has 1 aromatic carbocycles. The molecule has 86 valence electrons. The highest BCUT2D eigenvalue weighted by molar-refractivity contribution is 14.1. The zero-order valence-corrected chi connectivity index (χ0v) is 12.8. The number of benzene rings is 1. The van der Waals surface area contributed by atoms with Crippen LogP contribution in [0.1, 0.15) is 20.3 Å². The van der Waals surface area contributed by atoms with Crippen molar-refractivity contribution >= 4 is 57.2 Å². The van der Waals surface area contributed by atoms with E-state index in [-0.39, 0.29) is 0 Å². The van der Waals surface area contributed by atoms with Crippen molar-refractivity contribution in [3.05, 3.63) is 37.9 Å². The van der Waals surface area contributed by atoms with Gasteiger partial charge in [-0.3, -0.25) is 4.99 Å². The van der Waals surface area contributed by atoms with Gasteiger partial charge in [0.25, 0.3) is 0 Å². The first-order valence-corrected chi connectivity index (χ1v) is 6.68. The van der Waals surface area contributed by atoms with Crippen LogP contribution in [0.2, 0.25) is 10.0 Å². The lowest BCUT2D eigenvalue weighted by molar-refractivity contribution is 1.36. The molecule has 0 spiro atoms. The molecule has 0 unspecified atom stereocenters. The number of aliphatic imine (C=N–C) groups is 1. The number of allylic oxidation sites excluding steroid dienone is 2. The van der Waals surface area contributed by atoms with E-state index < -0.39 is 0 Å². The highest BCUT2D eigenvalue weighted by Gasteiger charge is 2.05. The first-order chi connectivity index (χ1) is 7.54. The SMILES string of the molecule is C/C=C/CC(C)=Nc1cc(Cl)cc(Cl)c1I. The van der Waals surface area contributed by atoms with Crippen LogP contribution in [0.4, 0.5) is 5.69 Å². The third-order valence-electron chi connectivity index (χ3n) is 1.93. The van der Waals surface area contributed by atoms with E-state index in [0.29, 0.717) is 10.0 Å². The molecule has 0 radical (unpaired) electrons. The van der Waals surface area contributed by atoms with E-state index in [0.717, 1.165) is 21.4 Å². The average molecular weight is 368 g/mol. The number of halogens is 3. The van der Waals surface area contributed by atoms with Gasteiger partial charge in [-0.15, -0.1) is 0 Å². The van der Waals surface area contributed by atoms with Crippen molar-refractivity contribution in [3.8, 4) is 0 Å². The van der Waals surface area contributed by atoms with Crippen LogP contribution in [0.5, 0.6) is 0 Å². The lowest BCUT2D eigenvalue weighted by Crippen LogP contribution is -1.88. The Labute approximate surface area is 120 Å². The maximum atomic E-state index is 6.03. The molecule has 0 saturated heterocycles. The summed E-state index contributed by atoms with van der Waals surface area (Å²) in [5.41, 5.74) is 1.87. The van der Waals surface area contributed by atoms with Gasteiger partial charge in [0.1, 0.15) is 0 Å². The summed E-state index contributed by atoms with van der Waals surface area (Å²) in [6.07, 6.45) is 4.92. The fourth-order valence-electron chi connectivity index (χ4n) is 1.16. The predicted octanol–water partition coefficient (Wildman–Crippen LogP) is 5.66. The Morgan fingerprint density at radius 2 is 2.12 bits per heavy atom. The average Bonchev–Trinajstić information content (AvgIpc) is 2.22. The van der Waals surface area contributed by atoms with Crippen LogP contribution in [-0.4, -0.2) is 5.71 Å². The molecule has 0 aliphatic rings. The molecule has 1 aromatic rings. The van der Waals surface area contributed by atoms with E-state index in [9.17, 15) is 0 Å². The second-order valence-corrected chi connectivity index (χ2v) is 5.26. The molecule has 1 nitrogen and oxygen atoms in total. The van der Waals surface area contributed by atoms with E-state index >= 15 is 0 Å². The zero-order valence-electron chi connectivity index (χ0n) is 9.10. The van der Waals surface area contributed by atoms with E-state index in [4.69, 9.17) is 23.2 Å². The second-order valence-electron chi connectivity index (χ2n) is 3.34. The first-order valence-electron chi connectivity index (χ1n) is 4.84. The molecule has 0 N–H and O–H groups in total. The summed E-state index contributed by atoms with van der Waals surface area (Å²) >= 11 is 14.1. The van der Waals surface area contributed by atoms with Crippen LogP contribution < -0.4 is 0 Å². The quantitative estimate of drug-likeness (QED) is 0.283. The van der Waals surface area contributed by atoms with Crippen molar-refractivity contribution in [2.45, 2.75) is 20.3 Å². The Morgan fingerprint density at radius 3 is 2.75 bits per heavy atom. The van der Waals surface area contributed by atoms with Gasteiger partial charge >= 0.3 is 0 Å². The van der Waals surface area contributed by atoms with Crippen molar-refractivity contribution in [2.75, 3.05) is 0 Å². The molecular formula is C12H12Cl2IN. The Balaban J connectivity index is 3.04. The Morgan fingerprint density at radius 1 is 1.44 bits per heavy atom. The van der Waals surface area contributed by atoms with E-state index in [1.807, 2.05) is 26.0 Å². The molecule has 0 saturated carbocycles. The second kappa shape index (κ2) is 6.62. The molecular weight excluding hydrogens is 356 g/mol. The summed E-state index contributed by atoms with van der Waals surface area (Å²) in [4.78, 5) is 4.51. The highest BCUT2D eigenvalue weighted by Crippen LogP contribution is 2.32. The fraction of sp³-hybridized carbons (Fsp3) is 0.250. The van der Waals surface area contributed by atoms with Gasteiger partial charge in [0.2, 0.25) is 0 Å². The maximum absolute atomic E-state index is 6.03. The number of nitrogens with zero attached hydrogens (tertiary/aromatic N) is 1. The minimum absolute atomic E-state index is 0.614. The summed E-state index contributed by atoms with van der Waals surface area (Å²) in [5, 5.41) is 1.26. The third-order valence-corrected chi connectivity index (χ3v) is 3.90. The predicted molar refractivity (Wildman–Crippen MR) is 81.4 cm³/mol. The van der Waals surface area contributed by atoms with Gasteiger partial charge in [0, 0.05) is 17.2 Å². The summed E-state index contributed by atoms with van der Waals surface area (Å²) in [5.74, 6) is 0. The molecule has 0 aliphatic heterocycles. The van der Waals surface area contributed by atoms with Gasteiger partial charge in [0.15, 0.2) is 0 Å². The largest absolute Gasteiger partial charge is 0.257 e. The molecule has 0 atom stereocenters. The molecule has 0 aliphatic carbocycles. The molecule has 0 aromatic heterocycles. The molecule has 16 heavy (non-hydrogen) atoms. The van der Waals surface area contributed by atoms with Crippen LogP contribution in [-0.2, 0) is 0 Å². The Kier molecular flexibility index (Phi) is 5.79. The summed E-state index contributed by atoms with van der Waals surface area (Å²) < 4.78 is 0.934. The number of rotatable bonds is 3. The van der Waals surface area contributed by atoms with Gasteiger partial charge in [0.05, 0.1) is 14.3 Å². The van der Waals surface area contributed by atoms with Crippen LogP contribution in [0.25, 0.3) is 0 Å². The van der Waals surface area contributed by atoms with Crippen LogP contribution >= 0.6 is 45.8 Å². The Bertz CT molecular complexity index is 439. The van der Waals surface area contributed by atoms with Gasteiger partial charge in [-0.25, -0.2) is 0 Å². The maximum Gasteiger partial charge on any atom is 0.0792 e. The van der Waals surface area contributed by atoms with Crippen LogP contribution in [0.3, 0.4) is 0 Å².